The standard InChI is InChI=1S/C37H36N2O3/c1-37(2)34(38(22-21-35(40)41)33-19-13-25-7-4-5-8-28(25)36(33)37)20-12-24-11-18-32-30(23-24)29-9-6-10-31(29)39(32)26-14-16-27(42-3)17-15-26/h4-5,7-8,11-20,23,29,31H,6,9-10,21-22H2,1-3H3/p+1. The second kappa shape index (κ2) is 10.2. The number of rotatable bonds is 7. The zero-order valence-corrected chi connectivity index (χ0v) is 24.5. The third-order valence-electron chi connectivity index (χ3n) is 9.61. The van der Waals surface area contributed by atoms with E-state index < -0.39 is 5.97 Å². The van der Waals surface area contributed by atoms with Crippen LogP contribution < -0.4 is 9.64 Å². The highest BCUT2D eigenvalue weighted by atomic mass is 16.5. The topological polar surface area (TPSA) is 52.8 Å². The van der Waals surface area contributed by atoms with Gasteiger partial charge in [0.2, 0.25) is 5.69 Å². The second-order valence-corrected chi connectivity index (χ2v) is 12.3. The average molecular weight is 558 g/mol. The van der Waals surface area contributed by atoms with E-state index in [0.717, 1.165) is 17.1 Å². The van der Waals surface area contributed by atoms with Gasteiger partial charge in [-0.1, -0.05) is 36.8 Å². The molecule has 5 nitrogen and oxygen atoms in total. The number of hydrogen-bond acceptors (Lipinski definition) is 3. The largest absolute Gasteiger partial charge is 0.497 e. The number of carbonyl (C=O) groups is 1. The number of ether oxygens (including phenoxy) is 1. The van der Waals surface area contributed by atoms with E-state index in [9.17, 15) is 9.90 Å². The molecule has 42 heavy (non-hydrogen) atoms. The summed E-state index contributed by atoms with van der Waals surface area (Å²) in [7, 11) is 1.71. The van der Waals surface area contributed by atoms with Gasteiger partial charge in [0.05, 0.1) is 12.5 Å². The van der Waals surface area contributed by atoms with E-state index in [1.165, 1.54) is 58.1 Å². The Morgan fingerprint density at radius 2 is 1.83 bits per heavy atom. The van der Waals surface area contributed by atoms with Crippen LogP contribution in [0.15, 0.2) is 84.9 Å². The molecule has 1 fully saturated rings. The molecule has 4 aromatic carbocycles. The van der Waals surface area contributed by atoms with Gasteiger partial charge in [-0.2, -0.15) is 4.58 Å². The van der Waals surface area contributed by atoms with Crippen LogP contribution in [0.1, 0.15) is 62.1 Å². The first-order valence-corrected chi connectivity index (χ1v) is 15.0. The highest BCUT2D eigenvalue weighted by Crippen LogP contribution is 2.52. The van der Waals surface area contributed by atoms with Gasteiger partial charge in [0.15, 0.2) is 12.3 Å². The lowest BCUT2D eigenvalue weighted by atomic mass is 9.79. The molecule has 7 rings (SSSR count). The second-order valence-electron chi connectivity index (χ2n) is 12.3. The van der Waals surface area contributed by atoms with Crippen molar-refractivity contribution >= 4 is 45.6 Å². The maximum atomic E-state index is 11.6. The van der Waals surface area contributed by atoms with Crippen LogP contribution in [0.5, 0.6) is 5.75 Å². The van der Waals surface area contributed by atoms with Crippen LogP contribution in [0.2, 0.25) is 0 Å². The van der Waals surface area contributed by atoms with E-state index in [1.54, 1.807) is 7.11 Å². The number of carboxylic acids is 1. The first kappa shape index (κ1) is 26.5. The summed E-state index contributed by atoms with van der Waals surface area (Å²) in [5, 5.41) is 12.0. The lowest BCUT2D eigenvalue weighted by molar-refractivity contribution is -0.436. The number of nitrogens with zero attached hydrogens (tertiary/aromatic N) is 2. The van der Waals surface area contributed by atoms with Crippen molar-refractivity contribution in [3.8, 4) is 5.75 Å². The molecule has 2 aliphatic heterocycles. The number of benzene rings is 4. The molecule has 2 unspecified atom stereocenters. The predicted molar refractivity (Wildman–Crippen MR) is 170 cm³/mol. The molecule has 4 aromatic rings. The van der Waals surface area contributed by atoms with Gasteiger partial charge >= 0.3 is 5.97 Å². The van der Waals surface area contributed by atoms with Gasteiger partial charge in [-0.25, -0.2) is 0 Å². The van der Waals surface area contributed by atoms with Crippen molar-refractivity contribution < 1.29 is 19.2 Å². The normalized spacial score (nSPS) is 20.3. The molecule has 5 heteroatoms. The summed E-state index contributed by atoms with van der Waals surface area (Å²) < 4.78 is 7.62. The van der Waals surface area contributed by atoms with Gasteiger partial charge in [-0.15, -0.1) is 0 Å². The van der Waals surface area contributed by atoms with E-state index in [1.807, 2.05) is 12.1 Å². The van der Waals surface area contributed by atoms with Crippen molar-refractivity contribution in [1.82, 2.24) is 0 Å². The summed E-state index contributed by atoms with van der Waals surface area (Å²) in [6, 6.07) is 28.6. The van der Waals surface area contributed by atoms with Crippen LogP contribution in [0.4, 0.5) is 17.1 Å². The van der Waals surface area contributed by atoms with Gasteiger partial charge in [0.25, 0.3) is 0 Å². The van der Waals surface area contributed by atoms with Gasteiger partial charge in [-0.05, 0) is 97.1 Å². The van der Waals surface area contributed by atoms with Crippen molar-refractivity contribution in [3.05, 3.63) is 102 Å². The Balaban J connectivity index is 1.27. The van der Waals surface area contributed by atoms with Crippen molar-refractivity contribution in [3.63, 3.8) is 0 Å². The molecule has 0 aromatic heterocycles. The minimum Gasteiger partial charge on any atom is -0.497 e. The molecule has 1 aliphatic carbocycles. The van der Waals surface area contributed by atoms with E-state index in [2.05, 4.69) is 102 Å². The van der Waals surface area contributed by atoms with Crippen LogP contribution in [-0.2, 0) is 10.2 Å². The van der Waals surface area contributed by atoms with Crippen LogP contribution in [0, 0.1) is 0 Å². The summed E-state index contributed by atoms with van der Waals surface area (Å²) in [6.45, 7) is 4.96. The van der Waals surface area contributed by atoms with E-state index in [0.29, 0.717) is 18.5 Å². The summed E-state index contributed by atoms with van der Waals surface area (Å²) in [5.41, 5.74) is 8.38. The van der Waals surface area contributed by atoms with E-state index in [-0.39, 0.29) is 11.8 Å². The van der Waals surface area contributed by atoms with Crippen molar-refractivity contribution in [2.24, 2.45) is 0 Å². The number of allylic oxidation sites excluding steroid dienone is 1. The quantitative estimate of drug-likeness (QED) is 0.233. The Hall–Kier alpha value is -4.38. The number of anilines is 2. The molecule has 212 valence electrons. The molecule has 2 atom stereocenters. The monoisotopic (exact) mass is 557 g/mol. The van der Waals surface area contributed by atoms with Crippen molar-refractivity contribution in [2.75, 3.05) is 18.6 Å². The smallest absolute Gasteiger partial charge is 0.309 e. The number of hydrogen-bond donors (Lipinski definition) is 1. The van der Waals surface area contributed by atoms with Crippen LogP contribution >= 0.6 is 0 Å². The third kappa shape index (κ3) is 4.22. The molecular formula is C37H37N2O3+. The molecule has 0 amide bonds. The lowest BCUT2D eigenvalue weighted by Crippen LogP contribution is -2.28. The molecular weight excluding hydrogens is 520 g/mol. The zero-order chi connectivity index (χ0) is 29.0. The Morgan fingerprint density at radius 3 is 2.62 bits per heavy atom. The summed E-state index contributed by atoms with van der Waals surface area (Å²) in [5.74, 6) is 0.631. The zero-order valence-electron chi connectivity index (χ0n) is 24.5. The number of methoxy groups -OCH3 is 1. The van der Waals surface area contributed by atoms with Gasteiger partial charge < -0.3 is 14.7 Å². The van der Waals surface area contributed by atoms with Crippen LogP contribution in [0.25, 0.3) is 16.8 Å². The minimum atomic E-state index is -0.781. The fourth-order valence-electron chi connectivity index (χ4n) is 7.72. The molecule has 1 saturated carbocycles. The van der Waals surface area contributed by atoms with Crippen LogP contribution in [-0.4, -0.2) is 41.1 Å². The molecule has 0 saturated heterocycles. The highest BCUT2D eigenvalue weighted by molar-refractivity contribution is 6.09. The van der Waals surface area contributed by atoms with Crippen molar-refractivity contribution in [1.29, 1.82) is 0 Å². The molecule has 0 spiro atoms. The molecule has 2 heterocycles. The fourth-order valence-corrected chi connectivity index (χ4v) is 7.72. The van der Waals surface area contributed by atoms with E-state index >= 15 is 0 Å². The van der Waals surface area contributed by atoms with Gasteiger partial charge in [0.1, 0.15) is 12.2 Å². The first-order valence-electron chi connectivity index (χ1n) is 15.0. The maximum absolute atomic E-state index is 11.6. The Kier molecular flexibility index (Phi) is 6.41. The fraction of sp³-hybridized carbons (Fsp3) is 0.297. The Bertz CT molecular complexity index is 1770. The molecule has 3 aliphatic rings. The minimum absolute atomic E-state index is 0.0861. The average Bonchev–Trinajstić information content (AvgIpc) is 3.65. The Morgan fingerprint density at radius 1 is 1.02 bits per heavy atom. The van der Waals surface area contributed by atoms with Crippen LogP contribution in [0.3, 0.4) is 0 Å². The van der Waals surface area contributed by atoms with Gasteiger partial charge in [-0.3, -0.25) is 4.79 Å². The molecule has 0 radical (unpaired) electrons. The molecule has 1 N–H and O–H groups in total. The molecule has 0 bridgehead atoms. The highest BCUT2D eigenvalue weighted by Gasteiger charge is 2.46. The number of carboxylic acid groups (broad SMARTS) is 1. The maximum Gasteiger partial charge on any atom is 0.309 e. The van der Waals surface area contributed by atoms with Crippen molar-refractivity contribution in [2.45, 2.75) is 56.9 Å². The number of fused-ring (bicyclic) bond motifs is 6. The van der Waals surface area contributed by atoms with Gasteiger partial charge in [0, 0.05) is 41.0 Å². The van der Waals surface area contributed by atoms with E-state index in [4.69, 9.17) is 4.74 Å². The number of aliphatic carboxylic acids is 1. The summed E-state index contributed by atoms with van der Waals surface area (Å²) in [4.78, 5) is 14.2. The third-order valence-corrected chi connectivity index (χ3v) is 9.61. The SMILES string of the molecule is COc1ccc(N2c3ccc(/C=C/C4=[N+](CCC(=O)O)c5ccc6ccccc6c5C4(C)C)cc3C3CCCC32)cc1. The summed E-state index contributed by atoms with van der Waals surface area (Å²) >= 11 is 0. The Labute approximate surface area is 247 Å². The summed E-state index contributed by atoms with van der Waals surface area (Å²) in [6.07, 6.45) is 8.20. The lowest BCUT2D eigenvalue weighted by Gasteiger charge is -2.27. The first-order chi connectivity index (χ1) is 20.4. The predicted octanol–water partition coefficient (Wildman–Crippen LogP) is 8.20.